The van der Waals surface area contributed by atoms with Crippen LogP contribution < -0.4 is 19.1 Å². The van der Waals surface area contributed by atoms with Crippen LogP contribution in [0.3, 0.4) is 0 Å². The molecule has 3 aromatic carbocycles. The van der Waals surface area contributed by atoms with Crippen molar-refractivity contribution in [2.24, 2.45) is 0 Å². The Balaban J connectivity index is 1.59. The van der Waals surface area contributed by atoms with Crippen molar-refractivity contribution < 1.29 is 22.7 Å². The smallest absolute Gasteiger partial charge is 0.264 e. The molecule has 1 aliphatic rings. The van der Waals surface area contributed by atoms with E-state index in [1.54, 1.807) is 18.2 Å². The molecule has 172 valence electrons. The molecule has 0 saturated heterocycles. The summed E-state index contributed by atoms with van der Waals surface area (Å²) < 4.78 is 39.4. The van der Waals surface area contributed by atoms with Crippen LogP contribution in [0.25, 0.3) is 0 Å². The van der Waals surface area contributed by atoms with E-state index in [4.69, 9.17) is 9.47 Å². The Morgan fingerprint density at radius 2 is 1.48 bits per heavy atom. The summed E-state index contributed by atoms with van der Waals surface area (Å²) in [5.41, 5.74) is 3.45. The summed E-state index contributed by atoms with van der Waals surface area (Å²) in [6.07, 6.45) is 0. The van der Waals surface area contributed by atoms with Gasteiger partial charge in [0.15, 0.2) is 11.5 Å². The Hall–Kier alpha value is -3.52. The van der Waals surface area contributed by atoms with Crippen molar-refractivity contribution in [3.05, 3.63) is 83.4 Å². The summed E-state index contributed by atoms with van der Waals surface area (Å²) >= 11 is 0. The molecule has 0 radical (unpaired) electrons. The minimum Gasteiger partial charge on any atom is -0.486 e. The molecule has 0 bridgehead atoms. The van der Waals surface area contributed by atoms with Crippen molar-refractivity contribution in [2.75, 3.05) is 24.1 Å². The lowest BCUT2D eigenvalue weighted by atomic mass is 10.1. The average molecular weight is 467 g/mol. The number of sulfonamides is 1. The second kappa shape index (κ2) is 9.54. The Labute approximate surface area is 194 Å². The van der Waals surface area contributed by atoms with Crippen molar-refractivity contribution in [3.63, 3.8) is 0 Å². The summed E-state index contributed by atoms with van der Waals surface area (Å²) in [7, 11) is -4.05. The van der Waals surface area contributed by atoms with Crippen LogP contribution >= 0.6 is 0 Å². The molecule has 0 atom stereocenters. The van der Waals surface area contributed by atoms with Crippen LogP contribution in [0.1, 0.15) is 16.7 Å². The number of rotatable bonds is 7. The van der Waals surface area contributed by atoms with Gasteiger partial charge in [0.25, 0.3) is 10.0 Å². The third-order valence-electron chi connectivity index (χ3n) is 5.32. The van der Waals surface area contributed by atoms with Crippen LogP contribution in [0.2, 0.25) is 0 Å². The number of fused-ring (bicyclic) bond motifs is 1. The van der Waals surface area contributed by atoms with Gasteiger partial charge < -0.3 is 14.8 Å². The van der Waals surface area contributed by atoms with Gasteiger partial charge in [-0.15, -0.1) is 0 Å². The SMILES string of the molecule is Cc1ccc(CNC(=O)CN(c2ccc(C)cc2)S(=O)(=O)c2ccc3c(c2)OCCO3)cc1. The minimum atomic E-state index is -4.05. The van der Waals surface area contributed by atoms with Gasteiger partial charge in [-0.1, -0.05) is 47.5 Å². The maximum Gasteiger partial charge on any atom is 0.264 e. The number of hydrogen-bond donors (Lipinski definition) is 1. The fourth-order valence-corrected chi connectivity index (χ4v) is 4.87. The fraction of sp³-hybridized carbons (Fsp3) is 0.240. The number of benzene rings is 3. The molecule has 1 N–H and O–H groups in total. The maximum absolute atomic E-state index is 13.6. The number of amides is 1. The molecule has 8 heteroatoms. The van der Waals surface area contributed by atoms with E-state index in [0.717, 1.165) is 21.0 Å². The summed E-state index contributed by atoms with van der Waals surface area (Å²) in [6, 6.07) is 19.3. The third kappa shape index (κ3) is 5.28. The molecule has 0 unspecified atom stereocenters. The number of hydrogen-bond acceptors (Lipinski definition) is 5. The van der Waals surface area contributed by atoms with E-state index in [1.807, 2.05) is 50.2 Å². The summed E-state index contributed by atoms with van der Waals surface area (Å²) in [5, 5.41) is 2.81. The van der Waals surface area contributed by atoms with E-state index in [9.17, 15) is 13.2 Å². The largest absolute Gasteiger partial charge is 0.486 e. The van der Waals surface area contributed by atoms with Gasteiger partial charge in [0.1, 0.15) is 19.8 Å². The van der Waals surface area contributed by atoms with E-state index in [-0.39, 0.29) is 11.4 Å². The second-order valence-corrected chi connectivity index (χ2v) is 9.78. The van der Waals surface area contributed by atoms with Crippen LogP contribution in [0.15, 0.2) is 71.6 Å². The molecule has 0 aliphatic carbocycles. The molecule has 0 spiro atoms. The highest BCUT2D eigenvalue weighted by atomic mass is 32.2. The van der Waals surface area contributed by atoms with Crippen molar-refractivity contribution in [1.29, 1.82) is 0 Å². The lowest BCUT2D eigenvalue weighted by Crippen LogP contribution is -2.40. The van der Waals surface area contributed by atoms with Crippen LogP contribution in [0.5, 0.6) is 11.5 Å². The van der Waals surface area contributed by atoms with Crippen molar-refractivity contribution >= 4 is 21.6 Å². The third-order valence-corrected chi connectivity index (χ3v) is 7.09. The Bertz CT molecular complexity index is 1240. The highest BCUT2D eigenvalue weighted by molar-refractivity contribution is 7.92. The van der Waals surface area contributed by atoms with E-state index < -0.39 is 15.9 Å². The molecule has 33 heavy (non-hydrogen) atoms. The second-order valence-electron chi connectivity index (χ2n) is 7.92. The molecular formula is C25H26N2O5S. The van der Waals surface area contributed by atoms with E-state index in [0.29, 0.717) is 36.9 Å². The molecule has 7 nitrogen and oxygen atoms in total. The van der Waals surface area contributed by atoms with Gasteiger partial charge >= 0.3 is 0 Å². The zero-order valence-electron chi connectivity index (χ0n) is 18.6. The van der Waals surface area contributed by atoms with Crippen molar-refractivity contribution in [2.45, 2.75) is 25.3 Å². The van der Waals surface area contributed by atoms with Crippen LogP contribution in [0, 0.1) is 13.8 Å². The van der Waals surface area contributed by atoms with Crippen molar-refractivity contribution in [3.8, 4) is 11.5 Å². The van der Waals surface area contributed by atoms with Gasteiger partial charge in [0.05, 0.1) is 10.6 Å². The van der Waals surface area contributed by atoms with Crippen molar-refractivity contribution in [1.82, 2.24) is 5.32 Å². The molecule has 4 rings (SSSR count). The first-order chi connectivity index (χ1) is 15.8. The number of nitrogens with zero attached hydrogens (tertiary/aromatic N) is 1. The molecule has 0 fully saturated rings. The topological polar surface area (TPSA) is 84.9 Å². The minimum absolute atomic E-state index is 0.0265. The molecule has 1 heterocycles. The number of carbonyl (C=O) groups excluding carboxylic acids is 1. The zero-order chi connectivity index (χ0) is 23.4. The molecule has 1 amide bonds. The highest BCUT2D eigenvalue weighted by Gasteiger charge is 2.29. The molecule has 0 aromatic heterocycles. The first-order valence-corrected chi connectivity index (χ1v) is 12.1. The number of ether oxygens (including phenoxy) is 2. The van der Waals surface area contributed by atoms with Gasteiger partial charge in [-0.3, -0.25) is 9.10 Å². The summed E-state index contributed by atoms with van der Waals surface area (Å²) in [5.74, 6) is 0.463. The van der Waals surface area contributed by atoms with Crippen LogP contribution in [-0.4, -0.2) is 34.1 Å². The summed E-state index contributed by atoms with van der Waals surface area (Å²) in [6.45, 7) is 4.62. The number of aryl methyl sites for hydroxylation is 2. The predicted octanol–water partition coefficient (Wildman–Crippen LogP) is 3.59. The molecular weight excluding hydrogens is 440 g/mol. The number of carbonyl (C=O) groups is 1. The van der Waals surface area contributed by atoms with Gasteiger partial charge in [-0.2, -0.15) is 0 Å². The fourth-order valence-electron chi connectivity index (χ4n) is 3.43. The molecule has 3 aromatic rings. The first kappa shape index (κ1) is 22.7. The first-order valence-electron chi connectivity index (χ1n) is 10.6. The van der Waals surface area contributed by atoms with E-state index in [1.165, 1.54) is 12.1 Å². The highest BCUT2D eigenvalue weighted by Crippen LogP contribution is 2.34. The maximum atomic E-state index is 13.6. The normalized spacial score (nSPS) is 12.8. The number of nitrogens with one attached hydrogen (secondary N) is 1. The van der Waals surface area contributed by atoms with E-state index in [2.05, 4.69) is 5.32 Å². The Kier molecular flexibility index (Phi) is 6.55. The number of anilines is 1. The van der Waals surface area contributed by atoms with Gasteiger partial charge in [-0.25, -0.2) is 8.42 Å². The quantitative estimate of drug-likeness (QED) is 0.575. The van der Waals surface area contributed by atoms with Crippen LogP contribution in [0.4, 0.5) is 5.69 Å². The monoisotopic (exact) mass is 466 g/mol. The van der Waals surface area contributed by atoms with Gasteiger partial charge in [0.2, 0.25) is 5.91 Å². The zero-order valence-corrected chi connectivity index (χ0v) is 19.4. The lowest BCUT2D eigenvalue weighted by Gasteiger charge is -2.25. The van der Waals surface area contributed by atoms with E-state index >= 15 is 0 Å². The average Bonchev–Trinajstić information content (AvgIpc) is 2.82. The van der Waals surface area contributed by atoms with Gasteiger partial charge in [0, 0.05) is 12.6 Å². The Morgan fingerprint density at radius 3 is 2.15 bits per heavy atom. The molecule has 0 saturated carbocycles. The summed E-state index contributed by atoms with van der Waals surface area (Å²) in [4.78, 5) is 12.8. The van der Waals surface area contributed by atoms with Crippen LogP contribution in [-0.2, 0) is 21.4 Å². The molecule has 1 aliphatic heterocycles. The Morgan fingerprint density at radius 1 is 0.879 bits per heavy atom. The van der Waals surface area contributed by atoms with Gasteiger partial charge in [-0.05, 0) is 43.7 Å². The standard InChI is InChI=1S/C25H26N2O5S/c1-18-3-7-20(8-4-18)16-26-25(28)17-27(21-9-5-19(2)6-10-21)33(29,30)22-11-12-23-24(15-22)32-14-13-31-23/h3-12,15H,13-14,16-17H2,1-2H3,(H,26,28). The predicted molar refractivity (Wildman–Crippen MR) is 126 cm³/mol. The lowest BCUT2D eigenvalue weighted by molar-refractivity contribution is -0.119.